The molecular formula is C22H28BrN3O4. The van der Waals surface area contributed by atoms with E-state index in [0.717, 1.165) is 47.0 Å². The molecule has 2 aliphatic rings. The van der Waals surface area contributed by atoms with Gasteiger partial charge in [-0.05, 0) is 52.7 Å². The number of amides is 1. The van der Waals surface area contributed by atoms with Crippen LogP contribution >= 0.6 is 15.9 Å². The Balaban J connectivity index is 1.47. The van der Waals surface area contributed by atoms with Gasteiger partial charge in [-0.3, -0.25) is 9.48 Å². The first-order chi connectivity index (χ1) is 14.1. The summed E-state index contributed by atoms with van der Waals surface area (Å²) in [5.74, 6) is 0.0286. The number of ether oxygens (including phenoxy) is 2. The van der Waals surface area contributed by atoms with Gasteiger partial charge in [0.15, 0.2) is 0 Å². The van der Waals surface area contributed by atoms with Crippen LogP contribution in [0.1, 0.15) is 52.1 Å². The molecule has 1 aliphatic heterocycles. The van der Waals surface area contributed by atoms with E-state index in [1.54, 1.807) is 16.5 Å². The number of halogens is 1. The lowest BCUT2D eigenvalue weighted by Crippen LogP contribution is -2.63. The first-order valence-corrected chi connectivity index (χ1v) is 11.2. The van der Waals surface area contributed by atoms with Gasteiger partial charge in [0.05, 0.1) is 17.8 Å². The number of carbonyl (C=O) groups excluding carboxylic acids is 2. The van der Waals surface area contributed by atoms with Crippen molar-refractivity contribution in [3.63, 3.8) is 0 Å². The number of benzene rings is 1. The van der Waals surface area contributed by atoms with Crippen molar-refractivity contribution in [3.05, 3.63) is 28.4 Å². The maximum Gasteiger partial charge on any atom is 0.410 e. The van der Waals surface area contributed by atoms with Crippen molar-refractivity contribution in [2.45, 2.75) is 58.6 Å². The summed E-state index contributed by atoms with van der Waals surface area (Å²) in [4.78, 5) is 26.0. The van der Waals surface area contributed by atoms with E-state index in [4.69, 9.17) is 14.6 Å². The zero-order valence-corrected chi connectivity index (χ0v) is 19.5. The van der Waals surface area contributed by atoms with Crippen LogP contribution in [0.4, 0.5) is 4.79 Å². The summed E-state index contributed by atoms with van der Waals surface area (Å²) in [5, 5.41) is 5.86. The SMILES string of the molecule is CCOC(=O)Cn1nc(C2CC3(C2)CN(C(=O)OC(C)(C)C)C3)c2c(Br)cccc21. The topological polar surface area (TPSA) is 73.7 Å². The fourth-order valence-corrected chi connectivity index (χ4v) is 5.17. The summed E-state index contributed by atoms with van der Waals surface area (Å²) >= 11 is 3.66. The Labute approximate surface area is 184 Å². The highest BCUT2D eigenvalue weighted by Gasteiger charge is 2.55. The number of hydrogen-bond acceptors (Lipinski definition) is 5. The molecule has 1 spiro atoms. The Hall–Kier alpha value is -2.09. The number of hydrogen-bond donors (Lipinski definition) is 0. The summed E-state index contributed by atoms with van der Waals surface area (Å²) < 4.78 is 13.3. The molecule has 0 radical (unpaired) electrons. The Morgan fingerprint density at radius 3 is 2.60 bits per heavy atom. The van der Waals surface area contributed by atoms with Crippen LogP contribution in [0.3, 0.4) is 0 Å². The average molecular weight is 478 g/mol. The standard InChI is InChI=1S/C22H28BrN3O4/c1-5-29-17(27)11-26-16-8-6-7-15(23)18(16)19(24-26)14-9-22(10-14)12-25(13-22)20(28)30-21(2,3)4/h6-8,14H,5,9-13H2,1-4H3. The van der Waals surface area contributed by atoms with Crippen molar-refractivity contribution in [2.75, 3.05) is 19.7 Å². The molecule has 162 valence electrons. The number of carbonyl (C=O) groups is 2. The normalized spacial score (nSPS) is 18.2. The van der Waals surface area contributed by atoms with E-state index in [-0.39, 0.29) is 24.0 Å². The molecule has 4 rings (SSSR count). The molecule has 1 amide bonds. The van der Waals surface area contributed by atoms with E-state index >= 15 is 0 Å². The molecule has 1 aliphatic carbocycles. The first kappa shape index (κ1) is 21.2. The molecule has 8 heteroatoms. The van der Waals surface area contributed by atoms with E-state index in [2.05, 4.69) is 15.9 Å². The van der Waals surface area contributed by atoms with Crippen LogP contribution in [-0.4, -0.2) is 52.0 Å². The number of rotatable bonds is 4. The fourth-order valence-electron chi connectivity index (χ4n) is 4.61. The van der Waals surface area contributed by atoms with Gasteiger partial charge in [-0.2, -0.15) is 5.10 Å². The monoisotopic (exact) mass is 477 g/mol. The van der Waals surface area contributed by atoms with Crippen molar-refractivity contribution in [1.82, 2.24) is 14.7 Å². The third kappa shape index (κ3) is 3.94. The number of nitrogens with zero attached hydrogens (tertiary/aromatic N) is 3. The fraction of sp³-hybridized carbons (Fsp3) is 0.591. The lowest BCUT2D eigenvalue weighted by atomic mass is 9.57. The van der Waals surface area contributed by atoms with Crippen molar-refractivity contribution >= 4 is 38.9 Å². The van der Waals surface area contributed by atoms with Gasteiger partial charge >= 0.3 is 12.1 Å². The maximum atomic E-state index is 12.2. The molecule has 30 heavy (non-hydrogen) atoms. The molecule has 2 aromatic rings. The molecule has 0 atom stereocenters. The zero-order chi connectivity index (χ0) is 21.7. The average Bonchev–Trinajstić information content (AvgIpc) is 2.90. The minimum Gasteiger partial charge on any atom is -0.465 e. The van der Waals surface area contributed by atoms with E-state index < -0.39 is 5.60 Å². The smallest absolute Gasteiger partial charge is 0.410 e. The van der Waals surface area contributed by atoms with Crippen LogP contribution in [-0.2, 0) is 20.8 Å². The van der Waals surface area contributed by atoms with Crippen LogP contribution in [0.2, 0.25) is 0 Å². The molecule has 2 fully saturated rings. The van der Waals surface area contributed by atoms with E-state index in [1.807, 2.05) is 39.0 Å². The third-order valence-electron chi connectivity index (χ3n) is 5.79. The van der Waals surface area contributed by atoms with Gasteiger partial charge in [-0.15, -0.1) is 0 Å². The Bertz CT molecular complexity index is 980. The zero-order valence-electron chi connectivity index (χ0n) is 17.9. The molecule has 0 bridgehead atoms. The second kappa shape index (κ2) is 7.55. The number of aromatic nitrogens is 2. The summed E-state index contributed by atoms with van der Waals surface area (Å²) in [5.41, 5.74) is 1.64. The molecule has 7 nitrogen and oxygen atoms in total. The highest BCUT2D eigenvalue weighted by Crippen LogP contribution is 2.57. The molecular weight excluding hydrogens is 450 g/mol. The minimum atomic E-state index is -0.473. The summed E-state index contributed by atoms with van der Waals surface area (Å²) in [6.45, 7) is 9.38. The van der Waals surface area contributed by atoms with E-state index in [0.29, 0.717) is 12.5 Å². The van der Waals surface area contributed by atoms with Crippen molar-refractivity contribution in [1.29, 1.82) is 0 Å². The molecule has 1 saturated heterocycles. The van der Waals surface area contributed by atoms with Gasteiger partial charge in [0.2, 0.25) is 0 Å². The molecule has 0 N–H and O–H groups in total. The number of esters is 1. The highest BCUT2D eigenvalue weighted by molar-refractivity contribution is 9.10. The Morgan fingerprint density at radius 2 is 1.97 bits per heavy atom. The third-order valence-corrected chi connectivity index (χ3v) is 6.45. The van der Waals surface area contributed by atoms with Crippen molar-refractivity contribution in [2.24, 2.45) is 5.41 Å². The Morgan fingerprint density at radius 1 is 1.27 bits per heavy atom. The predicted octanol–water partition coefficient (Wildman–Crippen LogP) is 4.48. The van der Waals surface area contributed by atoms with Gasteiger partial charge in [0.25, 0.3) is 0 Å². The van der Waals surface area contributed by atoms with Crippen LogP contribution in [0, 0.1) is 5.41 Å². The molecule has 0 unspecified atom stereocenters. The number of likely N-dealkylation sites (tertiary alicyclic amines) is 1. The predicted molar refractivity (Wildman–Crippen MR) is 116 cm³/mol. The van der Waals surface area contributed by atoms with Crippen LogP contribution in [0.15, 0.2) is 22.7 Å². The van der Waals surface area contributed by atoms with Crippen LogP contribution < -0.4 is 0 Å². The maximum absolute atomic E-state index is 12.2. The quantitative estimate of drug-likeness (QED) is 0.606. The van der Waals surface area contributed by atoms with Gasteiger partial charge < -0.3 is 14.4 Å². The van der Waals surface area contributed by atoms with E-state index in [9.17, 15) is 9.59 Å². The lowest BCUT2D eigenvalue weighted by molar-refractivity contribution is -0.143. The molecule has 1 saturated carbocycles. The van der Waals surface area contributed by atoms with Gasteiger partial charge in [-0.1, -0.05) is 22.0 Å². The van der Waals surface area contributed by atoms with Gasteiger partial charge in [0, 0.05) is 34.3 Å². The largest absolute Gasteiger partial charge is 0.465 e. The first-order valence-electron chi connectivity index (χ1n) is 10.4. The minimum absolute atomic E-state index is 0.102. The number of fused-ring (bicyclic) bond motifs is 1. The summed E-state index contributed by atoms with van der Waals surface area (Å²) in [6, 6.07) is 5.94. The Kier molecular flexibility index (Phi) is 5.33. The molecule has 1 aromatic carbocycles. The molecule has 2 heterocycles. The van der Waals surface area contributed by atoms with Crippen LogP contribution in [0.25, 0.3) is 10.9 Å². The van der Waals surface area contributed by atoms with Crippen molar-refractivity contribution in [3.8, 4) is 0 Å². The van der Waals surface area contributed by atoms with Gasteiger partial charge in [-0.25, -0.2) is 4.79 Å². The van der Waals surface area contributed by atoms with Gasteiger partial charge in [0.1, 0.15) is 12.1 Å². The summed E-state index contributed by atoms with van der Waals surface area (Å²) in [6.07, 6.45) is 1.74. The molecule has 1 aromatic heterocycles. The second-order valence-electron chi connectivity index (χ2n) is 9.42. The lowest BCUT2D eigenvalue weighted by Gasteiger charge is -2.58. The summed E-state index contributed by atoms with van der Waals surface area (Å²) in [7, 11) is 0. The van der Waals surface area contributed by atoms with Crippen LogP contribution in [0.5, 0.6) is 0 Å². The van der Waals surface area contributed by atoms with Crippen molar-refractivity contribution < 1.29 is 19.1 Å². The highest BCUT2D eigenvalue weighted by atomic mass is 79.9. The second-order valence-corrected chi connectivity index (χ2v) is 10.3. The van der Waals surface area contributed by atoms with E-state index in [1.165, 1.54) is 0 Å².